The third kappa shape index (κ3) is 4.60. The van der Waals surface area contributed by atoms with E-state index in [9.17, 15) is 14.7 Å². The van der Waals surface area contributed by atoms with Crippen molar-refractivity contribution < 1.29 is 23.8 Å². The number of carbonyl (C=O) groups excluding carboxylic acids is 2. The topological polar surface area (TPSA) is 121 Å². The predicted octanol–water partition coefficient (Wildman–Crippen LogP) is 2.39. The number of carbonyl (C=O) groups is 2. The molecular formula is C32H35FN8O4. The van der Waals surface area contributed by atoms with E-state index in [0.717, 1.165) is 63.5 Å². The number of hydrogen-bond acceptors (Lipinski definition) is 9. The molecule has 1 fully saturated rings. The molecule has 12 nitrogen and oxygen atoms in total. The van der Waals surface area contributed by atoms with Crippen molar-refractivity contribution in [2.75, 3.05) is 43.6 Å². The highest BCUT2D eigenvalue weighted by molar-refractivity contribution is 6.08. The van der Waals surface area contributed by atoms with Gasteiger partial charge in [-0.05, 0) is 43.4 Å². The Kier molecular flexibility index (Phi) is 6.84. The number of pyridine rings is 1. The SMILES string of the molecule is CN1C=C(c2ccnc(N3CCn4c5c(c(F)c4C3=O)CCCC5)c2C=O)C=C(Nc2cc3n(n2)CCN(C2COC2)C3)C1O. The summed E-state index contributed by atoms with van der Waals surface area (Å²) in [6.45, 7) is 4.70. The standard InChI is InChI=1S/C32H35FN8O4/c1-37-14-19(12-25(31(37)43)35-27-13-20-15-38(21-17-45-18-21)8-11-41(20)36-27)22-6-7-34-30(24(22)16-42)40-10-9-39-26-5-3-2-4-23(26)28(33)29(39)32(40)44/h6-7,12-14,16,21,31,43H,2-5,8-11,15,17-18H2,1H3,(H,35,36). The van der Waals surface area contributed by atoms with Crippen LogP contribution in [0.4, 0.5) is 16.0 Å². The summed E-state index contributed by atoms with van der Waals surface area (Å²) < 4.78 is 24.7. The van der Waals surface area contributed by atoms with Gasteiger partial charge in [0.25, 0.3) is 5.91 Å². The molecule has 5 aliphatic rings. The van der Waals surface area contributed by atoms with Gasteiger partial charge in [-0.1, -0.05) is 0 Å². The Hall–Kier alpha value is -4.33. The molecule has 13 heteroatoms. The first-order valence-electron chi connectivity index (χ1n) is 15.6. The number of hydrogen-bond donors (Lipinski definition) is 2. The number of fused-ring (bicyclic) bond motifs is 4. The van der Waals surface area contributed by atoms with Crippen LogP contribution in [0.15, 0.2) is 36.3 Å². The Labute approximate surface area is 259 Å². The third-order valence-corrected chi connectivity index (χ3v) is 9.71. The van der Waals surface area contributed by atoms with Crippen LogP contribution in [0.25, 0.3) is 5.57 Å². The first-order chi connectivity index (χ1) is 21.9. The van der Waals surface area contributed by atoms with E-state index in [1.54, 1.807) is 36.5 Å². The summed E-state index contributed by atoms with van der Waals surface area (Å²) in [4.78, 5) is 36.3. The van der Waals surface area contributed by atoms with Gasteiger partial charge in [0.05, 0.1) is 42.8 Å². The van der Waals surface area contributed by atoms with Gasteiger partial charge < -0.3 is 24.6 Å². The van der Waals surface area contributed by atoms with Gasteiger partial charge in [0.2, 0.25) is 0 Å². The van der Waals surface area contributed by atoms with Crippen molar-refractivity contribution in [3.8, 4) is 0 Å². The Morgan fingerprint density at radius 1 is 1.16 bits per heavy atom. The number of nitrogens with one attached hydrogen (secondary N) is 1. The molecule has 2 N–H and O–H groups in total. The number of likely N-dealkylation sites (N-methyl/N-ethyl adjacent to an activating group) is 1. The molecule has 0 aromatic carbocycles. The molecule has 1 amide bonds. The molecule has 0 spiro atoms. The molecule has 1 saturated heterocycles. The van der Waals surface area contributed by atoms with Crippen LogP contribution in [0.3, 0.4) is 0 Å². The summed E-state index contributed by atoms with van der Waals surface area (Å²) in [6.07, 6.45) is 8.08. The number of allylic oxidation sites excluding steroid dienone is 2. The number of aldehydes is 1. The number of rotatable bonds is 6. The number of amides is 1. The number of halogens is 1. The van der Waals surface area contributed by atoms with Crippen molar-refractivity contribution in [3.63, 3.8) is 0 Å². The molecule has 234 valence electrons. The van der Waals surface area contributed by atoms with Gasteiger partial charge in [0.1, 0.15) is 11.5 Å². The van der Waals surface area contributed by atoms with Crippen molar-refractivity contribution in [2.24, 2.45) is 0 Å². The van der Waals surface area contributed by atoms with Gasteiger partial charge in [-0.3, -0.25) is 24.1 Å². The van der Waals surface area contributed by atoms with Crippen LogP contribution >= 0.6 is 0 Å². The van der Waals surface area contributed by atoms with Crippen LogP contribution < -0.4 is 10.2 Å². The number of nitrogens with zero attached hydrogens (tertiary/aromatic N) is 7. The smallest absolute Gasteiger partial charge is 0.279 e. The summed E-state index contributed by atoms with van der Waals surface area (Å²) in [7, 11) is 1.74. The monoisotopic (exact) mass is 614 g/mol. The highest BCUT2D eigenvalue weighted by Crippen LogP contribution is 2.36. The van der Waals surface area contributed by atoms with Gasteiger partial charge in [-0.15, -0.1) is 0 Å². The highest BCUT2D eigenvalue weighted by atomic mass is 19.1. The van der Waals surface area contributed by atoms with Gasteiger partial charge in [-0.2, -0.15) is 5.10 Å². The van der Waals surface area contributed by atoms with Gasteiger partial charge >= 0.3 is 0 Å². The van der Waals surface area contributed by atoms with E-state index in [1.807, 2.05) is 15.3 Å². The summed E-state index contributed by atoms with van der Waals surface area (Å²) in [5.41, 5.74) is 4.60. The summed E-state index contributed by atoms with van der Waals surface area (Å²) in [5, 5.41) is 19.1. The zero-order valence-electron chi connectivity index (χ0n) is 25.1. The maximum Gasteiger partial charge on any atom is 0.279 e. The second-order valence-electron chi connectivity index (χ2n) is 12.4. The molecule has 3 aromatic heterocycles. The molecule has 0 bridgehead atoms. The fourth-order valence-electron chi connectivity index (χ4n) is 7.23. The second kappa shape index (κ2) is 10.9. The van der Waals surface area contributed by atoms with Crippen LogP contribution in [0.5, 0.6) is 0 Å². The minimum atomic E-state index is -0.970. The summed E-state index contributed by atoms with van der Waals surface area (Å²) in [6, 6.07) is 4.15. The fraction of sp³-hybridized carbons (Fsp3) is 0.438. The van der Waals surface area contributed by atoms with Crippen LogP contribution in [0.1, 0.15) is 56.2 Å². The van der Waals surface area contributed by atoms with E-state index in [0.29, 0.717) is 53.5 Å². The number of aromatic nitrogens is 4. The highest BCUT2D eigenvalue weighted by Gasteiger charge is 2.37. The van der Waals surface area contributed by atoms with Gasteiger partial charge in [0, 0.05) is 68.5 Å². The average Bonchev–Trinajstić information content (AvgIpc) is 3.56. The van der Waals surface area contributed by atoms with Crippen LogP contribution in [0, 0.1) is 5.82 Å². The van der Waals surface area contributed by atoms with Crippen molar-refractivity contribution in [2.45, 2.75) is 57.6 Å². The maximum atomic E-state index is 15.5. The Bertz CT molecular complexity index is 1770. The molecule has 1 aliphatic carbocycles. The molecule has 1 unspecified atom stereocenters. The minimum Gasteiger partial charge on any atom is -0.378 e. The number of ether oxygens (including phenoxy) is 1. The molecule has 0 radical (unpaired) electrons. The van der Waals surface area contributed by atoms with Crippen LogP contribution in [-0.2, 0) is 37.2 Å². The zero-order chi connectivity index (χ0) is 30.8. The van der Waals surface area contributed by atoms with E-state index >= 15 is 4.39 Å². The van der Waals surface area contributed by atoms with E-state index in [4.69, 9.17) is 9.84 Å². The first-order valence-corrected chi connectivity index (χ1v) is 15.6. The number of aliphatic hydroxyl groups excluding tert-OH is 1. The zero-order valence-corrected chi connectivity index (χ0v) is 25.1. The number of aliphatic hydroxyl groups is 1. The quantitative estimate of drug-likeness (QED) is 0.403. The predicted molar refractivity (Wildman–Crippen MR) is 163 cm³/mol. The normalized spacial score (nSPS) is 21.8. The Morgan fingerprint density at radius 2 is 2.00 bits per heavy atom. The minimum absolute atomic E-state index is 0.0511. The summed E-state index contributed by atoms with van der Waals surface area (Å²) in [5.74, 6) is -0.123. The van der Waals surface area contributed by atoms with Crippen LogP contribution in [0.2, 0.25) is 0 Å². The van der Waals surface area contributed by atoms with E-state index < -0.39 is 18.0 Å². The van der Waals surface area contributed by atoms with Crippen molar-refractivity contribution in [3.05, 3.63) is 75.9 Å². The van der Waals surface area contributed by atoms with E-state index in [-0.39, 0.29) is 23.6 Å². The van der Waals surface area contributed by atoms with E-state index in [1.165, 1.54) is 4.90 Å². The lowest BCUT2D eigenvalue weighted by atomic mass is 9.97. The Morgan fingerprint density at radius 3 is 2.80 bits per heavy atom. The fourth-order valence-corrected chi connectivity index (χ4v) is 7.23. The second-order valence-corrected chi connectivity index (χ2v) is 12.4. The molecule has 45 heavy (non-hydrogen) atoms. The van der Waals surface area contributed by atoms with Gasteiger partial charge in [-0.25, -0.2) is 9.37 Å². The lowest BCUT2D eigenvalue weighted by Crippen LogP contribution is -2.51. The van der Waals surface area contributed by atoms with Crippen molar-refractivity contribution >= 4 is 29.4 Å². The molecule has 8 rings (SSSR count). The molecule has 0 saturated carbocycles. The summed E-state index contributed by atoms with van der Waals surface area (Å²) >= 11 is 0. The van der Waals surface area contributed by atoms with Gasteiger partial charge in [0.15, 0.2) is 24.1 Å². The van der Waals surface area contributed by atoms with Crippen molar-refractivity contribution in [1.82, 2.24) is 29.1 Å². The molecule has 7 heterocycles. The lowest BCUT2D eigenvalue weighted by Gasteiger charge is -2.39. The molecule has 4 aliphatic heterocycles. The largest absolute Gasteiger partial charge is 0.378 e. The van der Waals surface area contributed by atoms with E-state index in [2.05, 4.69) is 15.2 Å². The maximum absolute atomic E-state index is 15.5. The average molecular weight is 615 g/mol. The molecule has 1 atom stereocenters. The van der Waals surface area contributed by atoms with Crippen LogP contribution in [-0.4, -0.2) is 92.1 Å². The first kappa shape index (κ1) is 28.2. The molecular weight excluding hydrogens is 579 g/mol. The van der Waals surface area contributed by atoms with Crippen molar-refractivity contribution in [1.29, 1.82) is 0 Å². The molecule has 3 aromatic rings. The third-order valence-electron chi connectivity index (χ3n) is 9.71. The number of anilines is 2. The Balaban J connectivity index is 1.09. The lowest BCUT2D eigenvalue weighted by molar-refractivity contribution is -0.0735.